The van der Waals surface area contributed by atoms with Crippen molar-refractivity contribution in [3.63, 3.8) is 0 Å². The highest BCUT2D eigenvalue weighted by atomic mass is 35.5. The maximum absolute atomic E-state index is 14.9. The molecule has 0 spiro atoms. The lowest BCUT2D eigenvalue weighted by Crippen LogP contribution is -2.33. The third kappa shape index (κ3) is 19.6. The van der Waals surface area contributed by atoms with Gasteiger partial charge in [0.15, 0.2) is 0 Å². The van der Waals surface area contributed by atoms with Crippen molar-refractivity contribution in [2.24, 2.45) is 0 Å². The summed E-state index contributed by atoms with van der Waals surface area (Å²) in [6.07, 6.45) is 3.93. The lowest BCUT2D eigenvalue weighted by atomic mass is 10.0. The van der Waals surface area contributed by atoms with Gasteiger partial charge in [0.1, 0.15) is 35.8 Å². The molecule has 0 radical (unpaired) electrons. The van der Waals surface area contributed by atoms with Crippen LogP contribution in [0.2, 0.25) is 0 Å². The summed E-state index contributed by atoms with van der Waals surface area (Å²) in [5, 5.41) is 18.3. The molecule has 24 heteroatoms. The minimum Gasteiger partial charge on any atom is -0.442 e. The van der Waals surface area contributed by atoms with Gasteiger partial charge in [0, 0.05) is 63.0 Å². The SMILES string of the molecule is C.C.C#CCN(C)Cc1ccc(-c2ccc(N3C[C@H](CNC(C)=O)OC3=O)cc2F)cc1.CC(=O)NC[C@H]1CN(c2ccc(-c3ccc(CCl)cc3)c(F)c2)C(=O)O1.CC(=O)NC[C@H]1CN(c2ccc(-c3ccc(CN(C)Cc4cn[nH]n4)cc3)c(F)c2)C(=O)O1. The number of benzene rings is 6. The molecule has 4 heterocycles. The van der Waals surface area contributed by atoms with Crippen molar-refractivity contribution in [1.82, 2.24) is 41.2 Å². The fraction of sp³-hybridized carbons (Fsp3) is 0.313. The van der Waals surface area contributed by atoms with Gasteiger partial charge in [-0.05, 0) is 102 Å². The van der Waals surface area contributed by atoms with E-state index in [1.54, 1.807) is 42.6 Å². The number of hydrogen-bond acceptors (Lipinski definition) is 13. The highest BCUT2D eigenvalue weighted by Crippen LogP contribution is 2.33. The molecule has 20 nitrogen and oxygen atoms in total. The third-order valence-electron chi connectivity index (χ3n) is 14.3. The molecule has 4 N–H and O–H groups in total. The largest absolute Gasteiger partial charge is 0.442 e. The maximum atomic E-state index is 14.9. The van der Waals surface area contributed by atoms with E-state index >= 15 is 0 Å². The average Bonchev–Trinajstić information content (AvgIpc) is 2.30. The highest BCUT2D eigenvalue weighted by molar-refractivity contribution is 6.17. The molecule has 0 aliphatic carbocycles. The number of amides is 6. The maximum Gasteiger partial charge on any atom is 0.414 e. The number of alkyl halides is 1. The first kappa shape index (κ1) is 70.3. The molecular formula is C67H75ClF3N11O9. The van der Waals surface area contributed by atoms with Crippen LogP contribution < -0.4 is 30.7 Å². The van der Waals surface area contributed by atoms with Crippen LogP contribution in [0.5, 0.6) is 0 Å². The van der Waals surface area contributed by atoms with Crippen molar-refractivity contribution in [2.75, 3.05) is 74.6 Å². The van der Waals surface area contributed by atoms with E-state index in [1.165, 1.54) is 53.7 Å². The second-order valence-electron chi connectivity index (χ2n) is 21.4. The van der Waals surface area contributed by atoms with Gasteiger partial charge in [-0.25, -0.2) is 27.6 Å². The van der Waals surface area contributed by atoms with Crippen LogP contribution in [-0.2, 0) is 54.1 Å². The summed E-state index contributed by atoms with van der Waals surface area (Å²) in [5.74, 6) is 1.11. The van der Waals surface area contributed by atoms with Gasteiger partial charge in [0.25, 0.3) is 0 Å². The molecule has 6 amide bonds. The van der Waals surface area contributed by atoms with Crippen LogP contribution in [-0.4, -0.2) is 139 Å². The molecule has 10 rings (SSSR count). The van der Waals surface area contributed by atoms with Crippen molar-refractivity contribution in [1.29, 1.82) is 0 Å². The van der Waals surface area contributed by atoms with Gasteiger partial charge in [-0.3, -0.25) is 38.9 Å². The van der Waals surface area contributed by atoms with Crippen molar-refractivity contribution in [2.45, 2.75) is 79.5 Å². The van der Waals surface area contributed by atoms with E-state index in [9.17, 15) is 41.9 Å². The third-order valence-corrected chi connectivity index (χ3v) is 14.6. The molecule has 6 aromatic carbocycles. The van der Waals surface area contributed by atoms with Crippen LogP contribution in [0.25, 0.3) is 33.4 Å². The molecule has 3 aliphatic heterocycles. The highest BCUT2D eigenvalue weighted by Gasteiger charge is 2.35. The minimum atomic E-state index is -0.559. The Bertz CT molecular complexity index is 3670. The first-order valence-corrected chi connectivity index (χ1v) is 28.8. The molecule has 0 unspecified atom stereocenters. The Hall–Kier alpha value is -9.76. The molecular weight excluding hydrogens is 1200 g/mol. The Balaban J connectivity index is 0.000000216. The number of hydrogen-bond donors (Lipinski definition) is 4. The number of halogens is 4. The number of rotatable bonds is 20. The summed E-state index contributed by atoms with van der Waals surface area (Å²) in [4.78, 5) is 77.6. The van der Waals surface area contributed by atoms with Gasteiger partial charge in [-0.15, -0.1) is 18.0 Å². The number of aromatic nitrogens is 3. The number of nitrogens with zero attached hydrogens (tertiary/aromatic N) is 7. The molecule has 1 aromatic heterocycles. The Labute approximate surface area is 533 Å². The number of terminal acetylenes is 1. The van der Waals surface area contributed by atoms with Crippen LogP contribution in [0.3, 0.4) is 0 Å². The number of carbonyl (C=O) groups is 6. The lowest BCUT2D eigenvalue weighted by molar-refractivity contribution is -0.120. The van der Waals surface area contributed by atoms with Crippen LogP contribution >= 0.6 is 11.6 Å². The predicted molar refractivity (Wildman–Crippen MR) is 344 cm³/mol. The van der Waals surface area contributed by atoms with Gasteiger partial charge in [-0.2, -0.15) is 15.4 Å². The summed E-state index contributed by atoms with van der Waals surface area (Å²) < 4.78 is 60.0. The number of H-pyrrole nitrogens is 1. The van der Waals surface area contributed by atoms with Gasteiger partial charge >= 0.3 is 18.3 Å². The fourth-order valence-electron chi connectivity index (χ4n) is 9.83. The monoisotopic (exact) mass is 1270 g/mol. The molecule has 480 valence electrons. The standard InChI is InChI=1S/C23H25FN6O3.C23H24FN3O3.C19H18ClFN2O3.2CH4/c1-15(31)25-11-20-14-30(23(32)33-20)19-7-8-21(22(24)9-19)17-5-3-16(4-6-17)12-29(2)13-18-10-26-28-27-18;1-4-11-26(3)14-17-5-7-18(8-6-17)21-10-9-19(12-22(21)24)27-15-20(30-23(27)29)13-25-16(2)28;1-12(24)22-10-16-11-23(19(25)26-16)15-6-7-17(18(21)8-15)14-4-2-13(9-20)3-5-14;;/h3-10,20H,11-14H2,1-2H3,(H,25,31)(H,26,27,28);1,5-10,12,20H,11,13-15H2,2-3H3,(H,25,28);2-8,16H,9-11H2,1H3,(H,22,24);2*1H4/t2*20-;16-;;/m000../s1. The molecule has 3 fully saturated rings. The zero-order chi connectivity index (χ0) is 63.7. The molecule has 0 bridgehead atoms. The van der Waals surface area contributed by atoms with Crippen LogP contribution in [0, 0.1) is 29.8 Å². The second-order valence-corrected chi connectivity index (χ2v) is 21.7. The van der Waals surface area contributed by atoms with Gasteiger partial charge < -0.3 is 30.2 Å². The van der Waals surface area contributed by atoms with E-state index in [0.717, 1.165) is 39.1 Å². The Morgan fingerprint density at radius 1 is 0.560 bits per heavy atom. The predicted octanol–water partition coefficient (Wildman–Crippen LogP) is 10.7. The summed E-state index contributed by atoms with van der Waals surface area (Å²) in [7, 11) is 3.93. The second kappa shape index (κ2) is 33.2. The topological polar surface area (TPSA) is 224 Å². The molecule has 91 heavy (non-hydrogen) atoms. The van der Waals surface area contributed by atoms with E-state index in [0.29, 0.717) is 65.8 Å². The van der Waals surface area contributed by atoms with E-state index < -0.39 is 54.0 Å². The number of ether oxygens (including phenoxy) is 3. The molecule has 0 saturated carbocycles. The van der Waals surface area contributed by atoms with Crippen LogP contribution in [0.15, 0.2) is 134 Å². The Morgan fingerprint density at radius 2 is 0.901 bits per heavy atom. The lowest BCUT2D eigenvalue weighted by Gasteiger charge is -2.16. The van der Waals surface area contributed by atoms with Crippen molar-refractivity contribution in [3.8, 4) is 45.7 Å². The van der Waals surface area contributed by atoms with E-state index in [2.05, 4.69) is 42.2 Å². The summed E-state index contributed by atoms with van der Waals surface area (Å²) in [6, 6.07) is 36.6. The van der Waals surface area contributed by atoms with Crippen LogP contribution in [0.4, 0.5) is 44.6 Å². The first-order chi connectivity index (χ1) is 42.7. The molecule has 3 saturated heterocycles. The van der Waals surface area contributed by atoms with Crippen molar-refractivity contribution in [3.05, 3.63) is 173 Å². The summed E-state index contributed by atoms with van der Waals surface area (Å²) in [6.45, 7) is 8.24. The number of aromatic amines is 1. The normalized spacial score (nSPS) is 15.6. The zero-order valence-electron chi connectivity index (χ0n) is 49.6. The number of carbonyl (C=O) groups excluding carboxylic acids is 6. The zero-order valence-corrected chi connectivity index (χ0v) is 50.4. The summed E-state index contributed by atoms with van der Waals surface area (Å²) >= 11 is 5.77. The smallest absolute Gasteiger partial charge is 0.414 e. The van der Waals surface area contributed by atoms with Gasteiger partial charge in [0.05, 0.1) is 74.8 Å². The first-order valence-electron chi connectivity index (χ1n) is 28.3. The van der Waals surface area contributed by atoms with Crippen molar-refractivity contribution >= 4 is 64.7 Å². The van der Waals surface area contributed by atoms with Gasteiger partial charge in [-0.1, -0.05) is 93.6 Å². The van der Waals surface area contributed by atoms with Gasteiger partial charge in [0.2, 0.25) is 17.7 Å². The average molecular weight is 1270 g/mol. The number of nitrogens with one attached hydrogen (secondary N) is 4. The van der Waals surface area contributed by atoms with Crippen molar-refractivity contribution < 1.29 is 56.1 Å². The number of cyclic esters (lactones) is 3. The molecule has 3 atom stereocenters. The fourth-order valence-corrected chi connectivity index (χ4v) is 10.0. The Kier molecular flexibility index (Phi) is 25.6. The van der Waals surface area contributed by atoms with E-state index in [1.807, 2.05) is 91.8 Å². The Morgan fingerprint density at radius 3 is 1.20 bits per heavy atom. The summed E-state index contributed by atoms with van der Waals surface area (Å²) in [5.41, 5.74) is 8.79. The quantitative estimate of drug-likeness (QED) is 0.0317. The minimum absolute atomic E-state index is 0. The van der Waals surface area contributed by atoms with E-state index in [4.69, 9.17) is 32.2 Å². The molecule has 3 aliphatic rings. The molecule has 7 aromatic rings. The number of anilines is 3. The van der Waals surface area contributed by atoms with E-state index in [-0.39, 0.29) is 71.8 Å². The van der Waals surface area contributed by atoms with Crippen LogP contribution in [0.1, 0.15) is 58.0 Å².